The molecule has 0 saturated carbocycles. The average Bonchev–Trinajstić information content (AvgIpc) is 2.80. The number of nitrogens with zero attached hydrogens (tertiary/aromatic N) is 1. The number of nitrogens with one attached hydrogen (secondary N) is 1. The highest BCUT2D eigenvalue weighted by molar-refractivity contribution is 7.99. The molecule has 1 saturated heterocycles. The predicted molar refractivity (Wildman–Crippen MR) is 118 cm³/mol. The molecule has 0 bridgehead atoms. The number of rotatable bonds is 6. The van der Waals surface area contributed by atoms with Gasteiger partial charge in [0.2, 0.25) is 11.8 Å². The standard InChI is InChI=1S/C24H27FN2O3S/c25-18-6-7-22-20(16-18)21(11-15-31-22)26-24(29)17-8-12-27(13-9-17)23(28)10-14-30-19-4-2-1-3-5-19/h1-7,16-17,21H,8-15H2,(H,26,29). The molecule has 164 valence electrons. The summed E-state index contributed by atoms with van der Waals surface area (Å²) in [6.07, 6.45) is 2.42. The molecule has 1 unspecified atom stereocenters. The molecule has 2 aliphatic heterocycles. The number of para-hydroxylation sites is 1. The first-order valence-corrected chi connectivity index (χ1v) is 11.8. The number of hydrogen-bond donors (Lipinski definition) is 1. The maximum absolute atomic E-state index is 13.7. The van der Waals surface area contributed by atoms with Gasteiger partial charge in [-0.05, 0) is 55.2 Å². The fraction of sp³-hybridized carbons (Fsp3) is 0.417. The number of amides is 2. The van der Waals surface area contributed by atoms with Crippen molar-refractivity contribution in [3.05, 3.63) is 59.9 Å². The fourth-order valence-electron chi connectivity index (χ4n) is 4.13. The van der Waals surface area contributed by atoms with E-state index in [1.807, 2.05) is 35.2 Å². The van der Waals surface area contributed by atoms with Crippen molar-refractivity contribution < 1.29 is 18.7 Å². The minimum Gasteiger partial charge on any atom is -0.493 e. The highest BCUT2D eigenvalue weighted by Gasteiger charge is 2.30. The fourth-order valence-corrected chi connectivity index (χ4v) is 5.23. The summed E-state index contributed by atoms with van der Waals surface area (Å²) >= 11 is 1.70. The van der Waals surface area contributed by atoms with E-state index in [2.05, 4.69) is 5.32 Å². The van der Waals surface area contributed by atoms with Crippen LogP contribution >= 0.6 is 11.8 Å². The van der Waals surface area contributed by atoms with Crippen molar-refractivity contribution in [3.8, 4) is 5.75 Å². The second kappa shape index (κ2) is 10.2. The number of carbonyl (C=O) groups is 2. The Balaban J connectivity index is 1.23. The summed E-state index contributed by atoms with van der Waals surface area (Å²) in [4.78, 5) is 28.1. The first-order valence-electron chi connectivity index (χ1n) is 10.8. The van der Waals surface area contributed by atoms with Crippen LogP contribution < -0.4 is 10.1 Å². The summed E-state index contributed by atoms with van der Waals surface area (Å²) in [5.74, 6) is 1.34. The zero-order valence-corrected chi connectivity index (χ0v) is 18.2. The number of halogens is 1. The number of carbonyl (C=O) groups excluding carboxylic acids is 2. The van der Waals surface area contributed by atoms with Gasteiger partial charge in [-0.25, -0.2) is 4.39 Å². The van der Waals surface area contributed by atoms with Gasteiger partial charge in [-0.1, -0.05) is 18.2 Å². The summed E-state index contributed by atoms with van der Waals surface area (Å²) in [7, 11) is 0. The third kappa shape index (κ3) is 5.58. The lowest BCUT2D eigenvalue weighted by molar-refractivity contribution is -0.136. The third-order valence-corrected chi connectivity index (χ3v) is 7.00. The smallest absolute Gasteiger partial charge is 0.225 e. The van der Waals surface area contributed by atoms with Crippen LogP contribution in [0.15, 0.2) is 53.4 Å². The Kier molecular flexibility index (Phi) is 7.12. The molecular formula is C24H27FN2O3S. The molecule has 2 heterocycles. The van der Waals surface area contributed by atoms with Crippen molar-refractivity contribution in [2.45, 2.75) is 36.6 Å². The summed E-state index contributed by atoms with van der Waals surface area (Å²) in [6, 6.07) is 14.1. The van der Waals surface area contributed by atoms with Crippen LogP contribution in [0.1, 0.15) is 37.3 Å². The second-order valence-electron chi connectivity index (χ2n) is 7.95. The molecule has 2 aromatic rings. The van der Waals surface area contributed by atoms with Gasteiger partial charge in [0.05, 0.1) is 19.1 Å². The zero-order valence-electron chi connectivity index (χ0n) is 17.4. The molecule has 5 nitrogen and oxygen atoms in total. The van der Waals surface area contributed by atoms with E-state index in [9.17, 15) is 14.0 Å². The molecule has 1 fully saturated rings. The minimum atomic E-state index is -0.274. The lowest BCUT2D eigenvalue weighted by Gasteiger charge is -2.33. The topological polar surface area (TPSA) is 58.6 Å². The molecule has 4 rings (SSSR count). The Morgan fingerprint density at radius 1 is 1.10 bits per heavy atom. The van der Waals surface area contributed by atoms with Gasteiger partial charge in [0.1, 0.15) is 11.6 Å². The first kappa shape index (κ1) is 21.7. The molecule has 7 heteroatoms. The van der Waals surface area contributed by atoms with Gasteiger partial charge in [0.15, 0.2) is 0 Å². The highest BCUT2D eigenvalue weighted by atomic mass is 32.2. The van der Waals surface area contributed by atoms with Crippen molar-refractivity contribution in [1.29, 1.82) is 0 Å². The van der Waals surface area contributed by atoms with E-state index >= 15 is 0 Å². The van der Waals surface area contributed by atoms with Crippen LogP contribution in [0.5, 0.6) is 5.75 Å². The van der Waals surface area contributed by atoms with E-state index in [-0.39, 0.29) is 29.6 Å². The second-order valence-corrected chi connectivity index (χ2v) is 9.08. The summed E-state index contributed by atoms with van der Waals surface area (Å²) in [5, 5.41) is 3.13. The highest BCUT2D eigenvalue weighted by Crippen LogP contribution is 2.36. The number of thioether (sulfide) groups is 1. The van der Waals surface area contributed by atoms with Crippen molar-refractivity contribution in [2.75, 3.05) is 25.4 Å². The van der Waals surface area contributed by atoms with E-state index in [4.69, 9.17) is 4.74 Å². The lowest BCUT2D eigenvalue weighted by Crippen LogP contribution is -2.44. The van der Waals surface area contributed by atoms with Crippen LogP contribution in [0, 0.1) is 11.7 Å². The van der Waals surface area contributed by atoms with Gasteiger partial charge >= 0.3 is 0 Å². The Labute approximate surface area is 186 Å². The molecule has 2 aliphatic rings. The molecule has 31 heavy (non-hydrogen) atoms. The summed E-state index contributed by atoms with van der Waals surface area (Å²) in [6.45, 7) is 1.50. The lowest BCUT2D eigenvalue weighted by atomic mass is 9.94. The predicted octanol–water partition coefficient (Wildman–Crippen LogP) is 4.19. The summed E-state index contributed by atoms with van der Waals surface area (Å²) in [5.41, 5.74) is 0.871. The Morgan fingerprint density at radius 2 is 1.87 bits per heavy atom. The van der Waals surface area contributed by atoms with Gasteiger partial charge in [0.25, 0.3) is 0 Å². The Hall–Kier alpha value is -2.54. The van der Waals surface area contributed by atoms with E-state index in [1.54, 1.807) is 17.8 Å². The largest absolute Gasteiger partial charge is 0.493 e. The molecule has 2 amide bonds. The number of hydrogen-bond acceptors (Lipinski definition) is 4. The number of piperidine rings is 1. The van der Waals surface area contributed by atoms with Crippen LogP contribution in [0.2, 0.25) is 0 Å². The molecule has 1 N–H and O–H groups in total. The SMILES string of the molecule is O=C(NC1CCSc2ccc(F)cc21)C1CCN(C(=O)CCOc2ccccc2)CC1. The zero-order chi connectivity index (χ0) is 21.6. The minimum absolute atomic E-state index is 0.00613. The number of fused-ring (bicyclic) bond motifs is 1. The van der Waals surface area contributed by atoms with Gasteiger partial charge in [-0.2, -0.15) is 0 Å². The number of likely N-dealkylation sites (tertiary alicyclic amines) is 1. The Morgan fingerprint density at radius 3 is 2.65 bits per heavy atom. The van der Waals surface area contributed by atoms with E-state index in [0.717, 1.165) is 28.4 Å². The normalized spacial score (nSPS) is 18.9. The van der Waals surface area contributed by atoms with Crippen molar-refractivity contribution in [3.63, 3.8) is 0 Å². The van der Waals surface area contributed by atoms with Gasteiger partial charge in [-0.15, -0.1) is 11.8 Å². The van der Waals surface area contributed by atoms with Crippen LogP contribution in [-0.4, -0.2) is 42.2 Å². The van der Waals surface area contributed by atoms with Crippen LogP contribution in [0.25, 0.3) is 0 Å². The van der Waals surface area contributed by atoms with Gasteiger partial charge in [-0.3, -0.25) is 9.59 Å². The molecule has 0 aromatic heterocycles. The van der Waals surface area contributed by atoms with E-state index < -0.39 is 0 Å². The summed E-state index contributed by atoms with van der Waals surface area (Å²) < 4.78 is 19.3. The first-order chi connectivity index (χ1) is 15.1. The maximum Gasteiger partial charge on any atom is 0.225 e. The van der Waals surface area contributed by atoms with E-state index in [0.29, 0.717) is 39.0 Å². The Bertz CT molecular complexity index is 916. The molecule has 0 spiro atoms. The quantitative estimate of drug-likeness (QED) is 0.729. The van der Waals surface area contributed by atoms with Crippen molar-refractivity contribution >= 4 is 23.6 Å². The third-order valence-electron chi connectivity index (χ3n) is 5.87. The number of benzene rings is 2. The molecule has 0 aliphatic carbocycles. The molecule has 2 aromatic carbocycles. The molecule has 1 atom stereocenters. The van der Waals surface area contributed by atoms with E-state index in [1.165, 1.54) is 12.1 Å². The van der Waals surface area contributed by atoms with Crippen molar-refractivity contribution in [1.82, 2.24) is 10.2 Å². The number of ether oxygens (including phenoxy) is 1. The monoisotopic (exact) mass is 442 g/mol. The van der Waals surface area contributed by atoms with Crippen LogP contribution in [0.3, 0.4) is 0 Å². The molecular weight excluding hydrogens is 415 g/mol. The van der Waals surface area contributed by atoms with Gasteiger partial charge in [0, 0.05) is 29.7 Å². The van der Waals surface area contributed by atoms with Crippen LogP contribution in [0.4, 0.5) is 4.39 Å². The average molecular weight is 443 g/mol. The maximum atomic E-state index is 13.7. The molecule has 0 radical (unpaired) electrons. The van der Waals surface area contributed by atoms with Gasteiger partial charge < -0.3 is 15.0 Å². The van der Waals surface area contributed by atoms with Crippen LogP contribution in [-0.2, 0) is 9.59 Å². The van der Waals surface area contributed by atoms with Crippen molar-refractivity contribution in [2.24, 2.45) is 5.92 Å².